The van der Waals surface area contributed by atoms with E-state index in [1.807, 2.05) is 0 Å². The van der Waals surface area contributed by atoms with Crippen molar-refractivity contribution in [2.75, 3.05) is 26.7 Å². The number of sulfonamides is 1. The number of aliphatic carboxylic acids is 1. The van der Waals surface area contributed by atoms with Gasteiger partial charge in [-0.25, -0.2) is 8.42 Å². The Labute approximate surface area is 141 Å². The van der Waals surface area contributed by atoms with Crippen LogP contribution < -0.4 is 0 Å². The van der Waals surface area contributed by atoms with Crippen molar-refractivity contribution in [3.8, 4) is 0 Å². The summed E-state index contributed by atoms with van der Waals surface area (Å²) in [5, 5.41) is 9.35. The van der Waals surface area contributed by atoms with E-state index in [9.17, 15) is 13.2 Å². The highest BCUT2D eigenvalue weighted by Crippen LogP contribution is 2.26. The quantitative estimate of drug-likeness (QED) is 0.866. The van der Waals surface area contributed by atoms with Crippen LogP contribution in [0.4, 0.5) is 0 Å². The van der Waals surface area contributed by atoms with Crippen LogP contribution in [0.2, 0.25) is 5.02 Å². The van der Waals surface area contributed by atoms with Crippen molar-refractivity contribution in [1.29, 1.82) is 0 Å². The van der Waals surface area contributed by atoms with Crippen molar-refractivity contribution in [3.05, 3.63) is 28.8 Å². The average Bonchev–Trinajstić information content (AvgIpc) is 2.46. The summed E-state index contributed by atoms with van der Waals surface area (Å²) >= 11 is 5.89. The summed E-state index contributed by atoms with van der Waals surface area (Å²) in [6.45, 7) is 2.47. The standard InChI is InChI=1S/C15H21ClN2O4S/c1-11-9-12(16)3-4-14(11)23(21,22)18-7-5-13(6-8-18)17(2)10-15(19)20/h3-4,9,13H,5-8,10H2,1-2H3,(H,19,20). The lowest BCUT2D eigenvalue weighted by atomic mass is 10.1. The molecule has 0 amide bonds. The summed E-state index contributed by atoms with van der Waals surface area (Å²) < 4.78 is 27.0. The molecule has 1 N–H and O–H groups in total. The van der Waals surface area contributed by atoms with Crippen LogP contribution in [0.15, 0.2) is 23.1 Å². The number of nitrogens with zero attached hydrogens (tertiary/aromatic N) is 2. The topological polar surface area (TPSA) is 77.9 Å². The SMILES string of the molecule is Cc1cc(Cl)ccc1S(=O)(=O)N1CCC(N(C)CC(=O)O)CC1. The first-order valence-corrected chi connectivity index (χ1v) is 9.22. The Hall–Kier alpha value is -1.15. The molecule has 0 atom stereocenters. The van der Waals surface area contributed by atoms with Gasteiger partial charge in [0.25, 0.3) is 0 Å². The third-order valence-electron chi connectivity index (χ3n) is 4.19. The molecule has 1 heterocycles. The van der Waals surface area contributed by atoms with E-state index in [0.717, 1.165) is 0 Å². The molecule has 1 aliphatic rings. The molecule has 0 unspecified atom stereocenters. The van der Waals surface area contributed by atoms with Crippen molar-refractivity contribution in [3.63, 3.8) is 0 Å². The second kappa shape index (κ2) is 7.17. The highest BCUT2D eigenvalue weighted by Gasteiger charge is 2.31. The zero-order chi connectivity index (χ0) is 17.2. The second-order valence-corrected chi connectivity index (χ2v) is 8.20. The maximum absolute atomic E-state index is 12.7. The number of aryl methyl sites for hydroxylation is 1. The van der Waals surface area contributed by atoms with Gasteiger partial charge in [-0.15, -0.1) is 0 Å². The van der Waals surface area contributed by atoms with E-state index < -0.39 is 16.0 Å². The molecular weight excluding hydrogens is 340 g/mol. The first-order valence-electron chi connectivity index (χ1n) is 7.40. The van der Waals surface area contributed by atoms with Gasteiger partial charge in [-0.05, 0) is 50.6 Å². The maximum Gasteiger partial charge on any atom is 0.317 e. The number of hydrogen-bond acceptors (Lipinski definition) is 4. The van der Waals surface area contributed by atoms with Crippen LogP contribution >= 0.6 is 11.6 Å². The number of likely N-dealkylation sites (N-methyl/N-ethyl adjacent to an activating group) is 1. The Morgan fingerprint density at radius 1 is 1.39 bits per heavy atom. The molecule has 6 nitrogen and oxygen atoms in total. The van der Waals surface area contributed by atoms with E-state index >= 15 is 0 Å². The van der Waals surface area contributed by atoms with Gasteiger partial charge in [-0.3, -0.25) is 9.69 Å². The van der Waals surface area contributed by atoms with Crippen LogP contribution in [0.1, 0.15) is 18.4 Å². The fourth-order valence-electron chi connectivity index (χ4n) is 2.91. The van der Waals surface area contributed by atoms with Gasteiger partial charge < -0.3 is 5.11 Å². The number of carboxylic acid groups (broad SMARTS) is 1. The van der Waals surface area contributed by atoms with Crippen molar-refractivity contribution < 1.29 is 18.3 Å². The Balaban J connectivity index is 2.08. The smallest absolute Gasteiger partial charge is 0.317 e. The zero-order valence-electron chi connectivity index (χ0n) is 13.2. The number of rotatable bonds is 5. The molecule has 1 fully saturated rings. The van der Waals surface area contributed by atoms with Gasteiger partial charge in [-0.1, -0.05) is 11.6 Å². The van der Waals surface area contributed by atoms with Crippen molar-refractivity contribution in [2.24, 2.45) is 0 Å². The molecular formula is C15H21ClN2O4S. The Morgan fingerprint density at radius 3 is 2.52 bits per heavy atom. The minimum Gasteiger partial charge on any atom is -0.480 e. The lowest BCUT2D eigenvalue weighted by molar-refractivity contribution is -0.138. The fraction of sp³-hybridized carbons (Fsp3) is 0.533. The zero-order valence-corrected chi connectivity index (χ0v) is 14.8. The predicted octanol–water partition coefficient (Wildman–Crippen LogP) is 1.82. The number of hydrogen-bond donors (Lipinski definition) is 1. The normalized spacial score (nSPS) is 17.6. The molecule has 0 aromatic heterocycles. The summed E-state index contributed by atoms with van der Waals surface area (Å²) in [6.07, 6.45) is 1.24. The Morgan fingerprint density at radius 2 is 2.00 bits per heavy atom. The van der Waals surface area contributed by atoms with E-state index in [-0.39, 0.29) is 17.5 Å². The summed E-state index contributed by atoms with van der Waals surface area (Å²) in [6, 6.07) is 4.84. The third-order valence-corrected chi connectivity index (χ3v) is 6.48. The summed E-state index contributed by atoms with van der Waals surface area (Å²) in [4.78, 5) is 12.8. The first-order chi connectivity index (χ1) is 10.7. The molecule has 0 aliphatic carbocycles. The monoisotopic (exact) mass is 360 g/mol. The number of carboxylic acids is 1. The number of piperidine rings is 1. The lowest BCUT2D eigenvalue weighted by Gasteiger charge is -2.35. The molecule has 0 radical (unpaired) electrons. The molecule has 128 valence electrons. The van der Waals surface area contributed by atoms with Gasteiger partial charge in [0.15, 0.2) is 0 Å². The van der Waals surface area contributed by atoms with Crippen molar-refractivity contribution in [1.82, 2.24) is 9.21 Å². The van der Waals surface area contributed by atoms with Crippen molar-refractivity contribution in [2.45, 2.75) is 30.7 Å². The number of benzene rings is 1. The summed E-state index contributed by atoms with van der Waals surface area (Å²) in [5.74, 6) is -0.876. The third kappa shape index (κ3) is 4.23. The van der Waals surface area contributed by atoms with Crippen LogP contribution in [-0.4, -0.2) is 61.4 Å². The molecule has 0 bridgehead atoms. The highest BCUT2D eigenvalue weighted by molar-refractivity contribution is 7.89. The largest absolute Gasteiger partial charge is 0.480 e. The summed E-state index contributed by atoms with van der Waals surface area (Å²) in [5.41, 5.74) is 0.627. The fourth-order valence-corrected chi connectivity index (χ4v) is 4.81. The maximum atomic E-state index is 12.7. The van der Waals surface area contributed by atoms with Gasteiger partial charge in [0, 0.05) is 24.2 Å². The van der Waals surface area contributed by atoms with Gasteiger partial charge >= 0.3 is 5.97 Å². The van der Waals surface area contributed by atoms with Crippen LogP contribution in [-0.2, 0) is 14.8 Å². The first kappa shape index (κ1) is 18.2. The molecule has 1 aromatic rings. The van der Waals surface area contributed by atoms with Crippen LogP contribution in [0.25, 0.3) is 0 Å². The molecule has 0 saturated carbocycles. The van der Waals surface area contributed by atoms with Crippen LogP contribution in [0, 0.1) is 6.92 Å². The Bertz CT molecular complexity index is 685. The average molecular weight is 361 g/mol. The van der Waals surface area contributed by atoms with E-state index in [1.165, 1.54) is 10.4 Å². The summed E-state index contributed by atoms with van der Waals surface area (Å²) in [7, 11) is -1.79. The van der Waals surface area contributed by atoms with Crippen LogP contribution in [0.3, 0.4) is 0 Å². The minimum atomic E-state index is -3.54. The molecule has 0 spiro atoms. The van der Waals surface area contributed by atoms with E-state index in [4.69, 9.17) is 16.7 Å². The van der Waals surface area contributed by atoms with Gasteiger partial charge in [-0.2, -0.15) is 4.31 Å². The van der Waals surface area contributed by atoms with Gasteiger partial charge in [0.1, 0.15) is 0 Å². The van der Waals surface area contributed by atoms with Gasteiger partial charge in [0.05, 0.1) is 11.4 Å². The number of halogens is 1. The minimum absolute atomic E-state index is 0.0340. The Kier molecular flexibility index (Phi) is 5.67. The van der Waals surface area contributed by atoms with E-state index in [0.29, 0.717) is 36.5 Å². The van der Waals surface area contributed by atoms with E-state index in [2.05, 4.69) is 0 Å². The highest BCUT2D eigenvalue weighted by atomic mass is 35.5. The number of carbonyl (C=O) groups is 1. The van der Waals surface area contributed by atoms with Gasteiger partial charge in [0.2, 0.25) is 10.0 Å². The van der Waals surface area contributed by atoms with Crippen molar-refractivity contribution >= 4 is 27.6 Å². The van der Waals surface area contributed by atoms with Crippen LogP contribution in [0.5, 0.6) is 0 Å². The predicted molar refractivity (Wildman–Crippen MR) is 88.2 cm³/mol. The molecule has 2 rings (SSSR count). The molecule has 1 aromatic carbocycles. The molecule has 1 aliphatic heterocycles. The molecule has 23 heavy (non-hydrogen) atoms. The van der Waals surface area contributed by atoms with E-state index in [1.54, 1.807) is 31.0 Å². The molecule has 1 saturated heterocycles. The lowest BCUT2D eigenvalue weighted by Crippen LogP contribution is -2.46. The molecule has 8 heteroatoms. The second-order valence-electron chi connectivity index (χ2n) is 5.85.